The zero-order valence-electron chi connectivity index (χ0n) is 14.7. The Morgan fingerprint density at radius 2 is 2.08 bits per heavy atom. The summed E-state index contributed by atoms with van der Waals surface area (Å²) in [5.41, 5.74) is 0.777. The van der Waals surface area contributed by atoms with E-state index in [2.05, 4.69) is 15.5 Å². The Hall–Kier alpha value is -2.64. The van der Waals surface area contributed by atoms with Crippen molar-refractivity contribution in [1.29, 1.82) is 0 Å². The van der Waals surface area contributed by atoms with Crippen LogP contribution < -0.4 is 5.32 Å². The Labute approximate surface area is 152 Å². The smallest absolute Gasteiger partial charge is 0.320 e. The minimum Gasteiger partial charge on any atom is -0.386 e. The number of hydrogen-bond donors (Lipinski definition) is 1. The number of carbonyl (C=O) groups is 2. The zero-order chi connectivity index (χ0) is 18.0. The van der Waals surface area contributed by atoms with Crippen molar-refractivity contribution in [3.63, 3.8) is 0 Å². The maximum atomic E-state index is 12.5. The standard InChI is InChI=1S/C18H23N5O3/c24-16(20-12-14-4-3-6-19-11-14)15-10-18(26-21-15)5-9-23(13-18)17(25)22-7-1-2-8-22/h3-4,6,11H,1-2,5,7-10,12-13H2,(H,20,24). The predicted octanol–water partition coefficient (Wildman–Crippen LogP) is 1.13. The second kappa shape index (κ2) is 6.93. The molecular weight excluding hydrogens is 334 g/mol. The molecule has 2 saturated heterocycles. The number of rotatable bonds is 3. The highest BCUT2D eigenvalue weighted by Gasteiger charge is 2.48. The molecule has 138 valence electrons. The number of urea groups is 1. The third-order valence-electron chi connectivity index (χ3n) is 5.24. The highest BCUT2D eigenvalue weighted by Crippen LogP contribution is 2.34. The first-order chi connectivity index (χ1) is 12.7. The Morgan fingerprint density at radius 3 is 2.85 bits per heavy atom. The number of pyridine rings is 1. The summed E-state index contributed by atoms with van der Waals surface area (Å²) in [6, 6.07) is 3.81. The molecule has 8 nitrogen and oxygen atoms in total. The molecule has 0 aromatic carbocycles. The van der Waals surface area contributed by atoms with Crippen molar-refractivity contribution in [2.75, 3.05) is 26.2 Å². The molecule has 3 aliphatic rings. The lowest BCUT2D eigenvalue weighted by Gasteiger charge is -2.25. The molecule has 0 aliphatic carbocycles. The van der Waals surface area contributed by atoms with Gasteiger partial charge in [-0.15, -0.1) is 0 Å². The maximum absolute atomic E-state index is 12.5. The second-order valence-electron chi connectivity index (χ2n) is 7.18. The van der Waals surface area contributed by atoms with E-state index in [1.807, 2.05) is 21.9 Å². The minimum atomic E-state index is -0.545. The van der Waals surface area contributed by atoms with E-state index in [0.29, 0.717) is 38.2 Å². The number of carbonyl (C=O) groups excluding carboxylic acids is 2. The van der Waals surface area contributed by atoms with Gasteiger partial charge in [0.05, 0.1) is 6.54 Å². The van der Waals surface area contributed by atoms with Crippen LogP contribution in [0, 0.1) is 0 Å². The van der Waals surface area contributed by atoms with Gasteiger partial charge in [0, 0.05) is 51.4 Å². The summed E-state index contributed by atoms with van der Waals surface area (Å²) in [6.45, 7) is 3.21. The van der Waals surface area contributed by atoms with Gasteiger partial charge in [0.2, 0.25) is 0 Å². The lowest BCUT2D eigenvalue weighted by Crippen LogP contribution is -2.43. The minimum absolute atomic E-state index is 0.0810. The largest absolute Gasteiger partial charge is 0.386 e. The first kappa shape index (κ1) is 16.8. The van der Waals surface area contributed by atoms with Crippen molar-refractivity contribution in [2.24, 2.45) is 5.16 Å². The van der Waals surface area contributed by atoms with Gasteiger partial charge < -0.3 is 20.0 Å². The van der Waals surface area contributed by atoms with E-state index >= 15 is 0 Å². The molecule has 3 amide bonds. The fourth-order valence-electron chi connectivity index (χ4n) is 3.77. The van der Waals surface area contributed by atoms with Gasteiger partial charge in [-0.05, 0) is 24.5 Å². The Kier molecular flexibility index (Phi) is 4.48. The molecule has 0 saturated carbocycles. The number of oxime groups is 1. The Bertz CT molecular complexity index is 717. The molecule has 1 aromatic heterocycles. The topological polar surface area (TPSA) is 87.1 Å². The van der Waals surface area contributed by atoms with Gasteiger partial charge in [0.25, 0.3) is 5.91 Å². The highest BCUT2D eigenvalue weighted by molar-refractivity contribution is 6.39. The normalized spacial score (nSPS) is 24.7. The van der Waals surface area contributed by atoms with Gasteiger partial charge in [0.1, 0.15) is 5.71 Å². The summed E-state index contributed by atoms with van der Waals surface area (Å²) in [4.78, 5) is 38.3. The molecule has 1 unspecified atom stereocenters. The summed E-state index contributed by atoms with van der Waals surface area (Å²) >= 11 is 0. The van der Waals surface area contributed by atoms with E-state index in [1.54, 1.807) is 12.4 Å². The number of aromatic nitrogens is 1. The van der Waals surface area contributed by atoms with Crippen LogP contribution in [0.5, 0.6) is 0 Å². The highest BCUT2D eigenvalue weighted by atomic mass is 16.7. The number of likely N-dealkylation sites (tertiary alicyclic amines) is 2. The van der Waals surface area contributed by atoms with Crippen LogP contribution in [0.4, 0.5) is 4.79 Å². The van der Waals surface area contributed by atoms with Crippen LogP contribution in [0.3, 0.4) is 0 Å². The molecular formula is C18H23N5O3. The van der Waals surface area contributed by atoms with Gasteiger partial charge in [-0.1, -0.05) is 11.2 Å². The summed E-state index contributed by atoms with van der Waals surface area (Å²) in [7, 11) is 0. The molecule has 26 heavy (non-hydrogen) atoms. The average Bonchev–Trinajstić information content (AvgIpc) is 3.42. The molecule has 1 aromatic rings. The van der Waals surface area contributed by atoms with Crippen LogP contribution in [-0.2, 0) is 16.2 Å². The third kappa shape index (κ3) is 3.36. The van der Waals surface area contributed by atoms with Crippen molar-refractivity contribution in [1.82, 2.24) is 20.1 Å². The quantitative estimate of drug-likeness (QED) is 0.879. The van der Waals surface area contributed by atoms with Gasteiger partial charge in [-0.2, -0.15) is 0 Å². The number of nitrogens with one attached hydrogen (secondary N) is 1. The summed E-state index contributed by atoms with van der Waals surface area (Å²) in [5.74, 6) is -0.227. The monoisotopic (exact) mass is 357 g/mol. The molecule has 2 fully saturated rings. The molecule has 4 rings (SSSR count). The van der Waals surface area contributed by atoms with Crippen LogP contribution in [-0.4, -0.2) is 64.2 Å². The first-order valence-electron chi connectivity index (χ1n) is 9.11. The lowest BCUT2D eigenvalue weighted by molar-refractivity contribution is -0.115. The maximum Gasteiger partial charge on any atom is 0.320 e. The SMILES string of the molecule is O=C(NCc1cccnc1)C1=NOC2(CCN(C(=O)N3CCCC3)C2)C1. The van der Waals surface area contributed by atoms with Gasteiger partial charge in [0.15, 0.2) is 5.60 Å². The van der Waals surface area contributed by atoms with E-state index < -0.39 is 5.60 Å². The van der Waals surface area contributed by atoms with Gasteiger partial charge in [-0.3, -0.25) is 9.78 Å². The van der Waals surface area contributed by atoms with E-state index in [9.17, 15) is 9.59 Å². The van der Waals surface area contributed by atoms with Crippen LogP contribution in [0.25, 0.3) is 0 Å². The third-order valence-corrected chi connectivity index (χ3v) is 5.24. The molecule has 1 atom stereocenters. The number of amides is 3. The van der Waals surface area contributed by atoms with Crippen molar-refractivity contribution >= 4 is 17.6 Å². The molecule has 3 aliphatic heterocycles. The predicted molar refractivity (Wildman–Crippen MR) is 94.3 cm³/mol. The van der Waals surface area contributed by atoms with Crippen molar-refractivity contribution in [3.8, 4) is 0 Å². The fraction of sp³-hybridized carbons (Fsp3) is 0.556. The van der Waals surface area contributed by atoms with E-state index in [0.717, 1.165) is 31.5 Å². The number of hydrogen-bond acceptors (Lipinski definition) is 5. The van der Waals surface area contributed by atoms with E-state index in [1.165, 1.54) is 0 Å². The summed E-state index contributed by atoms with van der Waals surface area (Å²) in [6.07, 6.45) is 6.70. The van der Waals surface area contributed by atoms with E-state index in [-0.39, 0.29) is 11.9 Å². The first-order valence-corrected chi connectivity index (χ1v) is 9.11. The van der Waals surface area contributed by atoms with Crippen LogP contribution >= 0.6 is 0 Å². The van der Waals surface area contributed by atoms with Crippen molar-refractivity contribution in [3.05, 3.63) is 30.1 Å². The van der Waals surface area contributed by atoms with Gasteiger partial charge in [-0.25, -0.2) is 4.79 Å². The Balaban J connectivity index is 1.30. The van der Waals surface area contributed by atoms with Gasteiger partial charge >= 0.3 is 6.03 Å². The molecule has 8 heteroatoms. The van der Waals surface area contributed by atoms with Crippen molar-refractivity contribution < 1.29 is 14.4 Å². The average molecular weight is 357 g/mol. The molecule has 4 heterocycles. The zero-order valence-corrected chi connectivity index (χ0v) is 14.7. The fourth-order valence-corrected chi connectivity index (χ4v) is 3.77. The van der Waals surface area contributed by atoms with Crippen molar-refractivity contribution in [2.45, 2.75) is 37.8 Å². The summed E-state index contributed by atoms with van der Waals surface area (Å²) in [5, 5.41) is 6.86. The lowest BCUT2D eigenvalue weighted by atomic mass is 9.96. The molecule has 0 radical (unpaired) electrons. The van der Waals surface area contributed by atoms with Crippen LogP contribution in [0.15, 0.2) is 29.7 Å². The number of nitrogens with zero attached hydrogens (tertiary/aromatic N) is 4. The van der Waals surface area contributed by atoms with Crippen LogP contribution in [0.2, 0.25) is 0 Å². The molecule has 1 N–H and O–H groups in total. The van der Waals surface area contributed by atoms with Crippen LogP contribution in [0.1, 0.15) is 31.2 Å². The Morgan fingerprint density at radius 1 is 1.23 bits per heavy atom. The second-order valence-corrected chi connectivity index (χ2v) is 7.18. The molecule has 1 spiro atoms. The summed E-state index contributed by atoms with van der Waals surface area (Å²) < 4.78 is 0. The van der Waals surface area contributed by atoms with E-state index in [4.69, 9.17) is 4.84 Å². The molecule has 0 bridgehead atoms.